The third-order valence-corrected chi connectivity index (χ3v) is 5.41. The second-order valence-electron chi connectivity index (χ2n) is 7.87. The molecular formula is C25H21N7O2. The molecule has 0 aliphatic rings. The lowest BCUT2D eigenvalue weighted by atomic mass is 10.0. The van der Waals surface area contributed by atoms with Crippen LogP contribution in [0.15, 0.2) is 61.1 Å². The first-order valence-electron chi connectivity index (χ1n) is 10.6. The standard InChI is InChI=1S/C25H21N7O2/c1-15-10-23(32(2)31-15)25(34)28-18-5-3-4-16(11-18)24(33)17-6-8-20-21(29-30-22(20)12-17)9-7-19-13-26-14-27-19/h3-14H,1-2H3,(H,26,27)(H,28,34)(H,29,30)/b9-7+. The van der Waals surface area contributed by atoms with Crippen molar-refractivity contribution in [2.24, 2.45) is 7.05 Å². The van der Waals surface area contributed by atoms with Crippen molar-refractivity contribution in [2.75, 3.05) is 5.32 Å². The van der Waals surface area contributed by atoms with Crippen molar-refractivity contribution in [2.45, 2.75) is 6.92 Å². The van der Waals surface area contributed by atoms with Crippen LogP contribution < -0.4 is 5.32 Å². The molecule has 0 saturated carbocycles. The van der Waals surface area contributed by atoms with Crippen LogP contribution in [0.4, 0.5) is 5.69 Å². The Morgan fingerprint density at radius 3 is 2.68 bits per heavy atom. The summed E-state index contributed by atoms with van der Waals surface area (Å²) in [6.45, 7) is 1.82. The number of hydrogen-bond acceptors (Lipinski definition) is 5. The highest BCUT2D eigenvalue weighted by molar-refractivity contribution is 6.12. The SMILES string of the molecule is Cc1cc(C(=O)Nc2cccc(C(=O)c3ccc4c(/C=C/c5cnc[nH]5)n[nH]c4c3)c2)n(C)n1. The van der Waals surface area contributed by atoms with E-state index in [4.69, 9.17) is 0 Å². The fourth-order valence-electron chi connectivity index (χ4n) is 3.76. The molecule has 168 valence electrons. The van der Waals surface area contributed by atoms with Gasteiger partial charge in [-0.2, -0.15) is 10.2 Å². The Morgan fingerprint density at radius 2 is 1.91 bits per heavy atom. The van der Waals surface area contributed by atoms with Crippen LogP contribution in [0, 0.1) is 6.92 Å². The topological polar surface area (TPSA) is 121 Å². The van der Waals surface area contributed by atoms with Crippen LogP contribution in [-0.2, 0) is 7.05 Å². The minimum absolute atomic E-state index is 0.154. The first-order valence-corrected chi connectivity index (χ1v) is 10.6. The van der Waals surface area contributed by atoms with Crippen molar-refractivity contribution in [1.82, 2.24) is 29.9 Å². The number of fused-ring (bicyclic) bond motifs is 1. The lowest BCUT2D eigenvalue weighted by Crippen LogP contribution is -2.16. The van der Waals surface area contributed by atoms with Crippen molar-refractivity contribution < 1.29 is 9.59 Å². The van der Waals surface area contributed by atoms with Gasteiger partial charge in [-0.25, -0.2) is 4.98 Å². The van der Waals surface area contributed by atoms with Gasteiger partial charge in [0.15, 0.2) is 5.78 Å². The van der Waals surface area contributed by atoms with E-state index in [1.165, 1.54) is 4.68 Å². The van der Waals surface area contributed by atoms with Gasteiger partial charge in [0.1, 0.15) is 5.69 Å². The van der Waals surface area contributed by atoms with Gasteiger partial charge < -0.3 is 10.3 Å². The smallest absolute Gasteiger partial charge is 0.273 e. The number of nitrogens with zero attached hydrogens (tertiary/aromatic N) is 4. The zero-order valence-corrected chi connectivity index (χ0v) is 18.5. The molecule has 3 heterocycles. The molecule has 0 atom stereocenters. The number of rotatable bonds is 6. The summed E-state index contributed by atoms with van der Waals surface area (Å²) in [6.07, 6.45) is 7.09. The van der Waals surface area contributed by atoms with E-state index in [1.807, 2.05) is 25.1 Å². The second-order valence-corrected chi connectivity index (χ2v) is 7.87. The van der Waals surface area contributed by atoms with Gasteiger partial charge in [0.2, 0.25) is 0 Å². The quantitative estimate of drug-likeness (QED) is 0.337. The summed E-state index contributed by atoms with van der Waals surface area (Å²) in [7, 11) is 1.71. The van der Waals surface area contributed by atoms with Gasteiger partial charge >= 0.3 is 0 Å². The molecule has 3 N–H and O–H groups in total. The number of anilines is 1. The molecule has 5 aromatic rings. The van der Waals surface area contributed by atoms with Crippen molar-refractivity contribution in [3.05, 3.63) is 95.0 Å². The number of benzene rings is 2. The third-order valence-electron chi connectivity index (χ3n) is 5.41. The second kappa shape index (κ2) is 8.62. The number of carbonyl (C=O) groups excluding carboxylic acids is 2. The molecule has 9 nitrogen and oxygen atoms in total. The van der Waals surface area contributed by atoms with E-state index in [-0.39, 0.29) is 11.7 Å². The molecule has 0 radical (unpaired) electrons. The molecule has 0 saturated heterocycles. The van der Waals surface area contributed by atoms with Gasteiger partial charge in [-0.3, -0.25) is 19.4 Å². The molecule has 0 aliphatic carbocycles. The highest BCUT2D eigenvalue weighted by atomic mass is 16.2. The third kappa shape index (κ3) is 4.14. The lowest BCUT2D eigenvalue weighted by molar-refractivity contribution is 0.101. The van der Waals surface area contributed by atoms with Crippen LogP contribution in [0.1, 0.15) is 43.5 Å². The van der Waals surface area contributed by atoms with E-state index in [0.717, 1.165) is 28.0 Å². The molecule has 5 rings (SSSR count). The Kier molecular flexibility index (Phi) is 5.35. The van der Waals surface area contributed by atoms with Gasteiger partial charge in [-0.15, -0.1) is 0 Å². The molecule has 0 spiro atoms. The molecule has 0 fully saturated rings. The first-order chi connectivity index (χ1) is 16.5. The predicted octanol–water partition coefficient (Wildman–Crippen LogP) is 3.98. The Hall–Kier alpha value is -4.79. The van der Waals surface area contributed by atoms with E-state index in [9.17, 15) is 9.59 Å². The maximum Gasteiger partial charge on any atom is 0.273 e. The van der Waals surface area contributed by atoms with Gasteiger partial charge in [-0.1, -0.05) is 18.2 Å². The van der Waals surface area contributed by atoms with E-state index in [0.29, 0.717) is 22.5 Å². The van der Waals surface area contributed by atoms with Gasteiger partial charge in [0, 0.05) is 29.2 Å². The Balaban J connectivity index is 1.36. The number of imidazole rings is 1. The van der Waals surface area contributed by atoms with Crippen LogP contribution in [-0.4, -0.2) is 41.6 Å². The van der Waals surface area contributed by atoms with Crippen LogP contribution in [0.3, 0.4) is 0 Å². The summed E-state index contributed by atoms with van der Waals surface area (Å²) in [4.78, 5) is 32.7. The molecular weight excluding hydrogens is 430 g/mol. The van der Waals surface area contributed by atoms with Crippen molar-refractivity contribution in [3.8, 4) is 0 Å². The number of aromatic nitrogens is 6. The lowest BCUT2D eigenvalue weighted by Gasteiger charge is -2.08. The summed E-state index contributed by atoms with van der Waals surface area (Å²) in [5.74, 6) is -0.444. The number of aromatic amines is 2. The largest absolute Gasteiger partial charge is 0.345 e. The Bertz CT molecular complexity index is 1540. The minimum atomic E-state index is -0.290. The van der Waals surface area contributed by atoms with E-state index in [2.05, 4.69) is 30.6 Å². The number of aryl methyl sites for hydroxylation is 2. The molecule has 1 amide bonds. The van der Waals surface area contributed by atoms with Crippen molar-refractivity contribution in [1.29, 1.82) is 0 Å². The zero-order chi connectivity index (χ0) is 23.7. The van der Waals surface area contributed by atoms with Crippen LogP contribution in [0.5, 0.6) is 0 Å². The number of hydrogen-bond donors (Lipinski definition) is 3. The summed E-state index contributed by atoms with van der Waals surface area (Å²) < 4.78 is 1.53. The average Bonchev–Trinajstić information content (AvgIpc) is 3.57. The zero-order valence-electron chi connectivity index (χ0n) is 18.5. The first kappa shape index (κ1) is 21.1. The Labute approximate surface area is 194 Å². The molecule has 0 bridgehead atoms. The molecule has 3 aromatic heterocycles. The highest BCUT2D eigenvalue weighted by Gasteiger charge is 2.15. The van der Waals surface area contributed by atoms with Gasteiger partial charge in [0.25, 0.3) is 5.91 Å². The van der Waals surface area contributed by atoms with E-state index in [1.54, 1.807) is 62.0 Å². The predicted molar refractivity (Wildman–Crippen MR) is 129 cm³/mol. The molecule has 34 heavy (non-hydrogen) atoms. The van der Waals surface area contributed by atoms with Crippen molar-refractivity contribution in [3.63, 3.8) is 0 Å². The number of H-pyrrole nitrogens is 2. The summed E-state index contributed by atoms with van der Waals surface area (Å²) in [6, 6.07) is 14.0. The number of ketones is 1. The maximum absolute atomic E-state index is 13.2. The molecule has 0 aliphatic heterocycles. The maximum atomic E-state index is 13.2. The number of carbonyl (C=O) groups is 2. The fraction of sp³-hybridized carbons (Fsp3) is 0.0800. The van der Waals surface area contributed by atoms with Crippen LogP contribution >= 0.6 is 0 Å². The summed E-state index contributed by atoms with van der Waals surface area (Å²) >= 11 is 0. The summed E-state index contributed by atoms with van der Waals surface area (Å²) in [5, 5.41) is 15.3. The molecule has 9 heteroatoms. The highest BCUT2D eigenvalue weighted by Crippen LogP contribution is 2.22. The molecule has 2 aromatic carbocycles. The van der Waals surface area contributed by atoms with Crippen LogP contribution in [0.2, 0.25) is 0 Å². The minimum Gasteiger partial charge on any atom is -0.345 e. The molecule has 0 unspecified atom stereocenters. The van der Waals surface area contributed by atoms with E-state index < -0.39 is 0 Å². The number of amides is 1. The van der Waals surface area contributed by atoms with E-state index >= 15 is 0 Å². The summed E-state index contributed by atoms with van der Waals surface area (Å²) in [5.41, 5.74) is 5.10. The van der Waals surface area contributed by atoms with Crippen molar-refractivity contribution >= 4 is 40.4 Å². The Morgan fingerprint density at radius 1 is 1.06 bits per heavy atom. The number of nitrogens with one attached hydrogen (secondary N) is 3. The van der Waals surface area contributed by atoms with Crippen LogP contribution in [0.25, 0.3) is 23.1 Å². The average molecular weight is 451 g/mol. The monoisotopic (exact) mass is 451 g/mol. The van der Waals surface area contributed by atoms with Gasteiger partial charge in [-0.05, 0) is 49.4 Å². The van der Waals surface area contributed by atoms with Gasteiger partial charge in [0.05, 0.1) is 35.1 Å². The normalized spacial score (nSPS) is 11.4. The fourth-order valence-corrected chi connectivity index (χ4v) is 3.76.